The first-order valence-corrected chi connectivity index (χ1v) is 5.31. The molecule has 0 saturated carbocycles. The molecule has 0 spiro atoms. The van der Waals surface area contributed by atoms with Crippen molar-refractivity contribution in [2.24, 2.45) is 0 Å². The molecule has 1 N–H and O–H groups in total. The van der Waals surface area contributed by atoms with Gasteiger partial charge < -0.3 is 19.6 Å². The van der Waals surface area contributed by atoms with E-state index >= 15 is 0 Å². The van der Waals surface area contributed by atoms with Crippen molar-refractivity contribution in [1.29, 1.82) is 0 Å². The number of aliphatic hydroxyl groups excluding tert-OH is 1. The van der Waals surface area contributed by atoms with Crippen LogP contribution < -0.4 is 0 Å². The highest BCUT2D eigenvalue weighted by Crippen LogP contribution is 2.09. The normalized spacial score (nSPS) is 23.4. The first-order chi connectivity index (χ1) is 7.02. The third kappa shape index (κ3) is 3.68. The summed E-state index contributed by atoms with van der Waals surface area (Å²) >= 11 is 0. The summed E-state index contributed by atoms with van der Waals surface area (Å²) in [5.41, 5.74) is 0. The summed E-state index contributed by atoms with van der Waals surface area (Å²) in [4.78, 5) is 14.6. The molecule has 0 aromatic rings. The number of ether oxygens (including phenoxy) is 1. The Balaban J connectivity index is 2.27. The molecule has 88 valence electrons. The zero-order chi connectivity index (χ0) is 11.4. The molecule has 1 fully saturated rings. The summed E-state index contributed by atoms with van der Waals surface area (Å²) in [7, 11) is 3.65. The van der Waals surface area contributed by atoms with E-state index < -0.39 is 0 Å². The molecule has 1 amide bonds. The van der Waals surface area contributed by atoms with Crippen molar-refractivity contribution in [3.63, 3.8) is 0 Å². The lowest BCUT2D eigenvalue weighted by atomic mass is 10.2. The predicted octanol–water partition coefficient (Wildman–Crippen LogP) is 0.140. The summed E-state index contributed by atoms with van der Waals surface area (Å²) in [6.07, 6.45) is 0.111. The maximum atomic E-state index is 11.1. The lowest BCUT2D eigenvalue weighted by Crippen LogP contribution is -2.36. The molecule has 0 aromatic carbocycles. The predicted molar refractivity (Wildman–Crippen MR) is 56.7 cm³/mol. The van der Waals surface area contributed by atoms with Crippen LogP contribution in [0.25, 0.3) is 0 Å². The van der Waals surface area contributed by atoms with E-state index in [0.717, 1.165) is 6.42 Å². The van der Waals surface area contributed by atoms with E-state index in [1.807, 2.05) is 18.9 Å². The van der Waals surface area contributed by atoms with E-state index in [4.69, 9.17) is 4.74 Å². The highest BCUT2D eigenvalue weighted by atomic mass is 16.6. The molecule has 1 rings (SSSR count). The summed E-state index contributed by atoms with van der Waals surface area (Å²) in [6.45, 7) is 3.87. The van der Waals surface area contributed by atoms with Crippen molar-refractivity contribution in [2.75, 3.05) is 33.7 Å². The van der Waals surface area contributed by atoms with Gasteiger partial charge in [-0.05, 0) is 13.5 Å². The van der Waals surface area contributed by atoms with E-state index in [1.54, 1.807) is 11.9 Å². The Morgan fingerprint density at radius 2 is 2.40 bits per heavy atom. The number of nitrogens with zero attached hydrogens (tertiary/aromatic N) is 2. The van der Waals surface area contributed by atoms with Crippen LogP contribution in [-0.4, -0.2) is 66.9 Å². The van der Waals surface area contributed by atoms with Crippen LogP contribution in [0.15, 0.2) is 0 Å². The van der Waals surface area contributed by atoms with Crippen LogP contribution in [0, 0.1) is 0 Å². The number of likely N-dealkylation sites (N-methyl/N-ethyl adjacent to an activating group) is 2. The molecule has 1 aliphatic rings. The van der Waals surface area contributed by atoms with Gasteiger partial charge >= 0.3 is 6.09 Å². The molecule has 1 heterocycles. The van der Waals surface area contributed by atoms with Crippen molar-refractivity contribution in [1.82, 2.24) is 9.80 Å². The first kappa shape index (κ1) is 12.3. The molecule has 5 heteroatoms. The van der Waals surface area contributed by atoms with Gasteiger partial charge in [0.25, 0.3) is 0 Å². The molecular weight excluding hydrogens is 196 g/mol. The van der Waals surface area contributed by atoms with Crippen LogP contribution in [0.1, 0.15) is 13.3 Å². The Morgan fingerprint density at radius 3 is 2.87 bits per heavy atom. The fourth-order valence-corrected chi connectivity index (χ4v) is 1.66. The monoisotopic (exact) mass is 216 g/mol. The maximum Gasteiger partial charge on any atom is 0.410 e. The van der Waals surface area contributed by atoms with Gasteiger partial charge in [0.15, 0.2) is 0 Å². The highest BCUT2D eigenvalue weighted by molar-refractivity contribution is 5.69. The number of hydrogen-bond acceptors (Lipinski definition) is 4. The third-order valence-electron chi connectivity index (χ3n) is 2.57. The number of amides is 1. The Hall–Kier alpha value is -0.810. The van der Waals surface area contributed by atoms with E-state index in [2.05, 4.69) is 0 Å². The van der Waals surface area contributed by atoms with Gasteiger partial charge in [-0.1, -0.05) is 6.92 Å². The summed E-state index contributed by atoms with van der Waals surface area (Å²) < 4.78 is 5.12. The first-order valence-electron chi connectivity index (χ1n) is 5.31. The Morgan fingerprint density at radius 1 is 1.73 bits per heavy atom. The van der Waals surface area contributed by atoms with Gasteiger partial charge in [-0.25, -0.2) is 4.79 Å². The highest BCUT2D eigenvalue weighted by Gasteiger charge is 2.29. The second-order valence-corrected chi connectivity index (χ2v) is 4.17. The zero-order valence-electron chi connectivity index (χ0n) is 9.64. The second kappa shape index (κ2) is 5.32. The summed E-state index contributed by atoms with van der Waals surface area (Å²) in [5.74, 6) is 0. The molecule has 0 radical (unpaired) electrons. The van der Waals surface area contributed by atoms with Crippen LogP contribution in [0.4, 0.5) is 4.79 Å². The molecular formula is C10H20N2O3. The lowest BCUT2D eigenvalue weighted by molar-refractivity contribution is 0.0842. The Labute approximate surface area is 90.6 Å². The number of carbonyl (C=O) groups excluding carboxylic acids is 1. The van der Waals surface area contributed by atoms with Gasteiger partial charge in [0.2, 0.25) is 0 Å². The quantitative estimate of drug-likeness (QED) is 0.710. The minimum Gasteiger partial charge on any atom is -0.443 e. The van der Waals surface area contributed by atoms with Crippen molar-refractivity contribution in [3.8, 4) is 0 Å². The third-order valence-corrected chi connectivity index (χ3v) is 2.57. The molecule has 0 bridgehead atoms. The molecule has 2 unspecified atom stereocenters. The van der Waals surface area contributed by atoms with E-state index in [1.165, 1.54) is 0 Å². The Bertz CT molecular complexity index is 223. The fraction of sp³-hybridized carbons (Fsp3) is 0.900. The maximum absolute atomic E-state index is 11.1. The van der Waals surface area contributed by atoms with E-state index in [9.17, 15) is 9.90 Å². The Kier molecular flexibility index (Phi) is 4.35. The largest absolute Gasteiger partial charge is 0.443 e. The molecule has 1 saturated heterocycles. The van der Waals surface area contributed by atoms with Crippen molar-refractivity contribution in [2.45, 2.75) is 25.6 Å². The smallest absolute Gasteiger partial charge is 0.410 e. The van der Waals surface area contributed by atoms with Crippen molar-refractivity contribution in [3.05, 3.63) is 0 Å². The lowest BCUT2D eigenvalue weighted by Gasteiger charge is -2.21. The number of cyclic esters (lactones) is 1. The minimum atomic E-state index is -0.301. The number of rotatable bonds is 5. The van der Waals surface area contributed by atoms with Gasteiger partial charge in [-0.2, -0.15) is 0 Å². The minimum absolute atomic E-state index is 0.0726. The van der Waals surface area contributed by atoms with Gasteiger partial charge in [0.1, 0.15) is 6.10 Å². The van der Waals surface area contributed by atoms with E-state index in [0.29, 0.717) is 19.6 Å². The molecule has 0 aromatic heterocycles. The van der Waals surface area contributed by atoms with Crippen LogP contribution >= 0.6 is 0 Å². The summed E-state index contributed by atoms with van der Waals surface area (Å²) in [6, 6.07) is 0. The fourth-order valence-electron chi connectivity index (χ4n) is 1.66. The second-order valence-electron chi connectivity index (χ2n) is 4.17. The average molecular weight is 216 g/mol. The molecule has 1 aliphatic heterocycles. The number of hydrogen-bond donors (Lipinski definition) is 1. The van der Waals surface area contributed by atoms with Crippen LogP contribution in [0.5, 0.6) is 0 Å². The standard InChI is InChI=1S/C10H20N2O3/c1-4-8(13)5-11(2)6-9-7-12(3)10(14)15-9/h8-9,13H,4-7H2,1-3H3. The van der Waals surface area contributed by atoms with Gasteiger partial charge in [0.05, 0.1) is 12.6 Å². The molecule has 15 heavy (non-hydrogen) atoms. The number of aliphatic hydroxyl groups is 1. The van der Waals surface area contributed by atoms with Gasteiger partial charge in [0, 0.05) is 20.1 Å². The molecule has 0 aliphatic carbocycles. The average Bonchev–Trinajstić information content (AvgIpc) is 2.45. The zero-order valence-corrected chi connectivity index (χ0v) is 9.64. The van der Waals surface area contributed by atoms with Crippen LogP contribution in [0.2, 0.25) is 0 Å². The van der Waals surface area contributed by atoms with E-state index in [-0.39, 0.29) is 18.3 Å². The van der Waals surface area contributed by atoms with Crippen LogP contribution in [-0.2, 0) is 4.74 Å². The summed E-state index contributed by atoms with van der Waals surface area (Å²) in [5, 5.41) is 9.45. The van der Waals surface area contributed by atoms with Gasteiger partial charge in [-0.3, -0.25) is 0 Å². The number of carbonyl (C=O) groups is 1. The molecule has 5 nitrogen and oxygen atoms in total. The van der Waals surface area contributed by atoms with Crippen molar-refractivity contribution >= 4 is 6.09 Å². The SMILES string of the molecule is CCC(O)CN(C)CC1CN(C)C(=O)O1. The van der Waals surface area contributed by atoms with Gasteiger partial charge in [-0.15, -0.1) is 0 Å². The topological polar surface area (TPSA) is 53.0 Å². The van der Waals surface area contributed by atoms with Crippen LogP contribution in [0.3, 0.4) is 0 Å². The van der Waals surface area contributed by atoms with Crippen molar-refractivity contribution < 1.29 is 14.6 Å². The molecule has 2 atom stereocenters.